The minimum Gasteiger partial charge on any atom is -0.493 e. The number of methoxy groups -OCH3 is 1. The van der Waals surface area contributed by atoms with Crippen LogP contribution in [-0.2, 0) is 6.61 Å². The van der Waals surface area contributed by atoms with Gasteiger partial charge in [0, 0.05) is 6.04 Å². The highest BCUT2D eigenvalue weighted by Crippen LogP contribution is 2.32. The Bertz CT molecular complexity index is 581. The van der Waals surface area contributed by atoms with Gasteiger partial charge >= 0.3 is 0 Å². The van der Waals surface area contributed by atoms with Crippen molar-refractivity contribution in [2.45, 2.75) is 26.0 Å². The Morgan fingerprint density at radius 1 is 1.10 bits per heavy atom. The molecule has 0 saturated carbocycles. The third-order valence-corrected chi connectivity index (χ3v) is 3.39. The van der Waals surface area contributed by atoms with E-state index in [1.165, 1.54) is 0 Å². The van der Waals surface area contributed by atoms with E-state index in [1.54, 1.807) is 25.3 Å². The second-order valence-electron chi connectivity index (χ2n) is 4.83. The lowest BCUT2D eigenvalue weighted by Crippen LogP contribution is -2.08. The summed E-state index contributed by atoms with van der Waals surface area (Å²) in [5, 5.41) is 9.14. The maximum absolute atomic E-state index is 9.14. The lowest BCUT2D eigenvalue weighted by molar-refractivity contribution is 0.280. The van der Waals surface area contributed by atoms with Gasteiger partial charge in [0.1, 0.15) is 5.75 Å². The number of benzene rings is 2. The molecule has 21 heavy (non-hydrogen) atoms. The second-order valence-corrected chi connectivity index (χ2v) is 4.83. The van der Waals surface area contributed by atoms with Crippen LogP contribution in [0.4, 0.5) is 0 Å². The first-order chi connectivity index (χ1) is 10.2. The summed E-state index contributed by atoms with van der Waals surface area (Å²) in [6.07, 6.45) is 0.899. The lowest BCUT2D eigenvalue weighted by atomic mass is 10.1. The standard InChI is InChI=1S/C17H21NO3/c1-3-15(18)13-5-7-14(8-6-13)21-16-9-4-12(11-19)10-17(16)20-2/h4-10,15,19H,3,11,18H2,1-2H3/t15-/m1/s1. The number of rotatable bonds is 6. The summed E-state index contributed by atoms with van der Waals surface area (Å²) in [4.78, 5) is 0. The van der Waals surface area contributed by atoms with Gasteiger partial charge in [0.25, 0.3) is 0 Å². The summed E-state index contributed by atoms with van der Waals surface area (Å²) < 4.78 is 11.1. The van der Waals surface area contributed by atoms with Gasteiger partial charge in [0.05, 0.1) is 13.7 Å². The van der Waals surface area contributed by atoms with Crippen LogP contribution in [0.3, 0.4) is 0 Å². The molecule has 4 nitrogen and oxygen atoms in total. The molecule has 2 aromatic rings. The van der Waals surface area contributed by atoms with Crippen molar-refractivity contribution in [3.05, 3.63) is 53.6 Å². The molecule has 0 bridgehead atoms. The van der Waals surface area contributed by atoms with Crippen molar-refractivity contribution in [1.29, 1.82) is 0 Å². The highest BCUT2D eigenvalue weighted by Gasteiger charge is 2.08. The summed E-state index contributed by atoms with van der Waals surface area (Å²) >= 11 is 0. The molecule has 0 fully saturated rings. The van der Waals surface area contributed by atoms with Crippen LogP contribution in [0.15, 0.2) is 42.5 Å². The van der Waals surface area contributed by atoms with E-state index in [2.05, 4.69) is 6.92 Å². The molecular weight excluding hydrogens is 266 g/mol. The van der Waals surface area contributed by atoms with E-state index >= 15 is 0 Å². The van der Waals surface area contributed by atoms with Crippen LogP contribution < -0.4 is 15.2 Å². The summed E-state index contributed by atoms with van der Waals surface area (Å²) in [6, 6.07) is 13.1. The van der Waals surface area contributed by atoms with E-state index < -0.39 is 0 Å². The summed E-state index contributed by atoms with van der Waals surface area (Å²) in [6.45, 7) is 2.03. The van der Waals surface area contributed by atoms with Gasteiger partial charge in [0.2, 0.25) is 0 Å². The van der Waals surface area contributed by atoms with E-state index in [0.29, 0.717) is 11.5 Å². The zero-order valence-electron chi connectivity index (χ0n) is 12.4. The molecule has 0 radical (unpaired) electrons. The Morgan fingerprint density at radius 2 is 1.81 bits per heavy atom. The minimum atomic E-state index is -0.0275. The Balaban J connectivity index is 2.18. The van der Waals surface area contributed by atoms with E-state index in [4.69, 9.17) is 20.3 Å². The fraction of sp³-hybridized carbons (Fsp3) is 0.294. The van der Waals surface area contributed by atoms with Crippen LogP contribution in [0, 0.1) is 0 Å². The van der Waals surface area contributed by atoms with Gasteiger partial charge in [-0.3, -0.25) is 0 Å². The Morgan fingerprint density at radius 3 is 2.38 bits per heavy atom. The number of aliphatic hydroxyl groups is 1. The maximum atomic E-state index is 9.14. The SMILES string of the molecule is CC[C@@H](N)c1ccc(Oc2ccc(CO)cc2OC)cc1. The molecule has 0 spiro atoms. The molecular formula is C17H21NO3. The van der Waals surface area contributed by atoms with Crippen molar-refractivity contribution in [3.63, 3.8) is 0 Å². The van der Waals surface area contributed by atoms with Crippen molar-refractivity contribution >= 4 is 0 Å². The molecule has 0 unspecified atom stereocenters. The molecule has 2 aromatic carbocycles. The third kappa shape index (κ3) is 3.74. The monoisotopic (exact) mass is 287 g/mol. The first-order valence-corrected chi connectivity index (χ1v) is 6.99. The van der Waals surface area contributed by atoms with Crippen LogP contribution in [0.1, 0.15) is 30.5 Å². The molecule has 3 N–H and O–H groups in total. The van der Waals surface area contributed by atoms with Gasteiger partial charge in [0.15, 0.2) is 11.5 Å². The number of hydrogen-bond acceptors (Lipinski definition) is 4. The molecule has 0 amide bonds. The molecule has 0 aliphatic carbocycles. The topological polar surface area (TPSA) is 64.7 Å². The van der Waals surface area contributed by atoms with E-state index in [-0.39, 0.29) is 12.6 Å². The van der Waals surface area contributed by atoms with Crippen LogP contribution in [0.25, 0.3) is 0 Å². The number of aliphatic hydroxyl groups excluding tert-OH is 1. The molecule has 112 valence electrons. The minimum absolute atomic E-state index is 0.0275. The normalized spacial score (nSPS) is 12.0. The highest BCUT2D eigenvalue weighted by molar-refractivity contribution is 5.45. The first kappa shape index (κ1) is 15.4. The van der Waals surface area contributed by atoms with Gasteiger partial charge < -0.3 is 20.3 Å². The lowest BCUT2D eigenvalue weighted by Gasteiger charge is -2.13. The van der Waals surface area contributed by atoms with Crippen LogP contribution in [-0.4, -0.2) is 12.2 Å². The second kappa shape index (κ2) is 7.11. The van der Waals surface area contributed by atoms with E-state index in [0.717, 1.165) is 23.3 Å². The zero-order chi connectivity index (χ0) is 15.2. The average molecular weight is 287 g/mol. The predicted octanol–water partition coefficient (Wildman–Crippen LogP) is 3.39. The van der Waals surface area contributed by atoms with Crippen molar-refractivity contribution in [3.8, 4) is 17.2 Å². The highest BCUT2D eigenvalue weighted by atomic mass is 16.5. The fourth-order valence-corrected chi connectivity index (χ4v) is 2.04. The molecule has 4 heteroatoms. The number of hydrogen-bond donors (Lipinski definition) is 2. The summed E-state index contributed by atoms with van der Waals surface area (Å²) in [5.74, 6) is 1.93. The van der Waals surface area contributed by atoms with Crippen LogP contribution >= 0.6 is 0 Å². The predicted molar refractivity (Wildman–Crippen MR) is 82.7 cm³/mol. The van der Waals surface area contributed by atoms with Crippen LogP contribution in [0.5, 0.6) is 17.2 Å². The quantitative estimate of drug-likeness (QED) is 0.854. The molecule has 0 aliphatic rings. The van der Waals surface area contributed by atoms with Crippen molar-refractivity contribution < 1.29 is 14.6 Å². The van der Waals surface area contributed by atoms with Gasteiger partial charge in [-0.2, -0.15) is 0 Å². The van der Waals surface area contributed by atoms with Gasteiger partial charge in [-0.1, -0.05) is 25.1 Å². The fourth-order valence-electron chi connectivity index (χ4n) is 2.04. The van der Waals surface area contributed by atoms with Gasteiger partial charge in [-0.25, -0.2) is 0 Å². The van der Waals surface area contributed by atoms with E-state index in [1.807, 2.05) is 24.3 Å². The number of nitrogens with two attached hydrogens (primary N) is 1. The zero-order valence-corrected chi connectivity index (χ0v) is 12.4. The molecule has 0 aromatic heterocycles. The van der Waals surface area contributed by atoms with E-state index in [9.17, 15) is 0 Å². The van der Waals surface area contributed by atoms with Crippen molar-refractivity contribution in [2.75, 3.05) is 7.11 Å². The smallest absolute Gasteiger partial charge is 0.169 e. The first-order valence-electron chi connectivity index (χ1n) is 6.99. The Kier molecular flexibility index (Phi) is 5.20. The summed E-state index contributed by atoms with van der Waals surface area (Å²) in [5.41, 5.74) is 7.86. The molecule has 0 saturated heterocycles. The largest absolute Gasteiger partial charge is 0.493 e. The van der Waals surface area contributed by atoms with Crippen LogP contribution in [0.2, 0.25) is 0 Å². The molecule has 0 heterocycles. The Labute approximate surface area is 125 Å². The maximum Gasteiger partial charge on any atom is 0.169 e. The molecule has 0 aliphatic heterocycles. The van der Waals surface area contributed by atoms with Crippen molar-refractivity contribution in [1.82, 2.24) is 0 Å². The molecule has 2 rings (SSSR count). The van der Waals surface area contributed by atoms with Gasteiger partial charge in [-0.15, -0.1) is 0 Å². The average Bonchev–Trinajstić information content (AvgIpc) is 2.55. The van der Waals surface area contributed by atoms with Crippen molar-refractivity contribution in [2.24, 2.45) is 5.73 Å². The Hall–Kier alpha value is -2.04. The molecule has 1 atom stereocenters. The summed E-state index contributed by atoms with van der Waals surface area (Å²) in [7, 11) is 1.58. The van der Waals surface area contributed by atoms with Gasteiger partial charge in [-0.05, 0) is 41.8 Å². The number of ether oxygens (including phenoxy) is 2. The third-order valence-electron chi connectivity index (χ3n) is 3.39.